The molecule has 1 unspecified atom stereocenters. The first-order valence-electron chi connectivity index (χ1n) is 5.62. The molecule has 0 aromatic carbocycles. The maximum absolute atomic E-state index is 4.63. The van der Waals surface area contributed by atoms with Crippen molar-refractivity contribution in [3.05, 3.63) is 0 Å². The number of rotatable bonds is 4. The van der Waals surface area contributed by atoms with Gasteiger partial charge in [-0.1, -0.05) is 27.7 Å². The Morgan fingerprint density at radius 1 is 1.23 bits per heavy atom. The van der Waals surface area contributed by atoms with Crippen molar-refractivity contribution >= 4 is 5.71 Å². The number of hydrogen-bond donors (Lipinski definition) is 0. The van der Waals surface area contributed by atoms with Gasteiger partial charge in [0.25, 0.3) is 0 Å². The van der Waals surface area contributed by atoms with Crippen LogP contribution in [0.3, 0.4) is 0 Å². The van der Waals surface area contributed by atoms with Gasteiger partial charge in [-0.15, -0.1) is 0 Å². The smallest absolute Gasteiger partial charge is 0.0395 e. The molecule has 0 amide bonds. The zero-order chi connectivity index (χ0) is 9.84. The Balaban J connectivity index is 2.43. The Hall–Kier alpha value is -0.330. The SMILES string of the molecule is CC(C)CC1=NCCC1CC(C)C. The summed E-state index contributed by atoms with van der Waals surface area (Å²) in [5.74, 6) is 2.40. The van der Waals surface area contributed by atoms with Gasteiger partial charge in [0.05, 0.1) is 0 Å². The van der Waals surface area contributed by atoms with Crippen molar-refractivity contribution < 1.29 is 0 Å². The molecule has 1 heterocycles. The third-order valence-electron chi connectivity index (χ3n) is 2.64. The highest BCUT2D eigenvalue weighted by atomic mass is 14.8. The molecule has 0 aliphatic carbocycles. The van der Waals surface area contributed by atoms with Gasteiger partial charge < -0.3 is 0 Å². The predicted molar refractivity (Wildman–Crippen MR) is 59.3 cm³/mol. The second kappa shape index (κ2) is 4.78. The van der Waals surface area contributed by atoms with Crippen molar-refractivity contribution in [3.63, 3.8) is 0 Å². The van der Waals surface area contributed by atoms with Crippen molar-refractivity contribution in [3.8, 4) is 0 Å². The fourth-order valence-electron chi connectivity index (χ4n) is 2.13. The fourth-order valence-corrected chi connectivity index (χ4v) is 2.13. The van der Waals surface area contributed by atoms with Crippen molar-refractivity contribution in [1.82, 2.24) is 0 Å². The Morgan fingerprint density at radius 2 is 1.92 bits per heavy atom. The van der Waals surface area contributed by atoms with Gasteiger partial charge in [-0.2, -0.15) is 0 Å². The van der Waals surface area contributed by atoms with E-state index in [-0.39, 0.29) is 0 Å². The molecular formula is C12H23N. The maximum Gasteiger partial charge on any atom is 0.0395 e. The summed E-state index contributed by atoms with van der Waals surface area (Å²) < 4.78 is 0. The molecule has 1 rings (SSSR count). The number of nitrogens with zero attached hydrogens (tertiary/aromatic N) is 1. The molecule has 1 aliphatic heterocycles. The van der Waals surface area contributed by atoms with Crippen LogP contribution in [0.4, 0.5) is 0 Å². The summed E-state index contributed by atoms with van der Waals surface area (Å²) in [5.41, 5.74) is 1.50. The van der Waals surface area contributed by atoms with Crippen molar-refractivity contribution in [2.45, 2.75) is 47.0 Å². The van der Waals surface area contributed by atoms with Gasteiger partial charge >= 0.3 is 0 Å². The molecule has 0 fully saturated rings. The van der Waals surface area contributed by atoms with E-state index in [0.717, 1.165) is 24.3 Å². The molecule has 0 bridgehead atoms. The molecule has 1 aliphatic rings. The van der Waals surface area contributed by atoms with Crippen LogP contribution in [0.15, 0.2) is 4.99 Å². The van der Waals surface area contributed by atoms with Crippen molar-refractivity contribution in [1.29, 1.82) is 0 Å². The first-order valence-corrected chi connectivity index (χ1v) is 5.62. The molecule has 0 aromatic rings. The molecule has 1 atom stereocenters. The first kappa shape index (κ1) is 10.7. The largest absolute Gasteiger partial charge is 0.294 e. The van der Waals surface area contributed by atoms with Gasteiger partial charge in [-0.25, -0.2) is 0 Å². The van der Waals surface area contributed by atoms with Crippen LogP contribution in [0.2, 0.25) is 0 Å². The summed E-state index contributed by atoms with van der Waals surface area (Å²) >= 11 is 0. The molecule has 76 valence electrons. The molecule has 0 radical (unpaired) electrons. The summed E-state index contributed by atoms with van der Waals surface area (Å²) in [4.78, 5) is 4.63. The molecule has 0 spiro atoms. The van der Waals surface area contributed by atoms with E-state index < -0.39 is 0 Å². The molecule has 0 saturated carbocycles. The van der Waals surface area contributed by atoms with E-state index in [2.05, 4.69) is 32.7 Å². The molecule has 0 N–H and O–H groups in total. The molecule has 1 nitrogen and oxygen atoms in total. The van der Waals surface area contributed by atoms with Crippen molar-refractivity contribution in [2.24, 2.45) is 22.7 Å². The van der Waals surface area contributed by atoms with Crippen LogP contribution in [-0.2, 0) is 0 Å². The topological polar surface area (TPSA) is 12.4 Å². The lowest BCUT2D eigenvalue weighted by Crippen LogP contribution is -2.14. The van der Waals surface area contributed by atoms with E-state index in [0.29, 0.717) is 0 Å². The Morgan fingerprint density at radius 3 is 2.46 bits per heavy atom. The van der Waals surface area contributed by atoms with Crippen LogP contribution in [-0.4, -0.2) is 12.3 Å². The molecule has 0 aromatic heterocycles. The van der Waals surface area contributed by atoms with E-state index in [1.54, 1.807) is 0 Å². The lowest BCUT2D eigenvalue weighted by Gasteiger charge is -2.16. The summed E-state index contributed by atoms with van der Waals surface area (Å²) in [6, 6.07) is 0. The van der Waals surface area contributed by atoms with Gasteiger partial charge in [0.1, 0.15) is 0 Å². The van der Waals surface area contributed by atoms with E-state index in [1.165, 1.54) is 25.0 Å². The highest BCUT2D eigenvalue weighted by Gasteiger charge is 2.21. The van der Waals surface area contributed by atoms with Gasteiger partial charge in [-0.3, -0.25) is 4.99 Å². The third kappa shape index (κ3) is 3.50. The Kier molecular flexibility index (Phi) is 3.95. The predicted octanol–water partition coefficient (Wildman–Crippen LogP) is 3.54. The normalized spacial score (nSPS) is 22.9. The summed E-state index contributed by atoms with van der Waals surface area (Å²) in [6.45, 7) is 10.3. The maximum atomic E-state index is 4.63. The van der Waals surface area contributed by atoms with Crippen LogP contribution in [0.5, 0.6) is 0 Å². The van der Waals surface area contributed by atoms with Gasteiger partial charge in [0.15, 0.2) is 0 Å². The molecular weight excluding hydrogens is 158 g/mol. The zero-order valence-corrected chi connectivity index (χ0v) is 9.51. The minimum absolute atomic E-state index is 0.770. The third-order valence-corrected chi connectivity index (χ3v) is 2.64. The van der Waals surface area contributed by atoms with Crippen LogP contribution in [0.1, 0.15) is 47.0 Å². The monoisotopic (exact) mass is 181 g/mol. The van der Waals surface area contributed by atoms with E-state index >= 15 is 0 Å². The standard InChI is InChI=1S/C12H23N/c1-9(2)7-11-5-6-13-12(11)8-10(3)4/h9-11H,5-8H2,1-4H3. The van der Waals surface area contributed by atoms with E-state index in [1.807, 2.05) is 0 Å². The Bertz CT molecular complexity index is 180. The van der Waals surface area contributed by atoms with Crippen molar-refractivity contribution in [2.75, 3.05) is 6.54 Å². The van der Waals surface area contributed by atoms with Gasteiger partial charge in [0, 0.05) is 12.3 Å². The fraction of sp³-hybridized carbons (Fsp3) is 0.917. The second-order valence-corrected chi connectivity index (χ2v) is 5.09. The molecule has 0 saturated heterocycles. The summed E-state index contributed by atoms with van der Waals surface area (Å²) in [6.07, 6.45) is 3.86. The average Bonchev–Trinajstić information content (AvgIpc) is 2.34. The number of aliphatic imine (C=N–C) groups is 1. The summed E-state index contributed by atoms with van der Waals surface area (Å²) in [5, 5.41) is 0. The van der Waals surface area contributed by atoms with Gasteiger partial charge in [-0.05, 0) is 37.0 Å². The average molecular weight is 181 g/mol. The quantitative estimate of drug-likeness (QED) is 0.629. The van der Waals surface area contributed by atoms with E-state index in [9.17, 15) is 0 Å². The highest BCUT2D eigenvalue weighted by molar-refractivity contribution is 5.88. The molecule has 1 heteroatoms. The van der Waals surface area contributed by atoms with Crippen LogP contribution in [0, 0.1) is 17.8 Å². The lowest BCUT2D eigenvalue weighted by molar-refractivity contribution is 0.485. The minimum atomic E-state index is 0.770. The van der Waals surface area contributed by atoms with E-state index in [4.69, 9.17) is 0 Å². The highest BCUT2D eigenvalue weighted by Crippen LogP contribution is 2.25. The van der Waals surface area contributed by atoms with Crippen LogP contribution in [0.25, 0.3) is 0 Å². The second-order valence-electron chi connectivity index (χ2n) is 5.09. The molecule has 13 heavy (non-hydrogen) atoms. The zero-order valence-electron chi connectivity index (χ0n) is 9.51. The number of hydrogen-bond acceptors (Lipinski definition) is 1. The van der Waals surface area contributed by atoms with Crippen LogP contribution < -0.4 is 0 Å². The lowest BCUT2D eigenvalue weighted by atomic mass is 9.88. The van der Waals surface area contributed by atoms with Crippen LogP contribution >= 0.6 is 0 Å². The van der Waals surface area contributed by atoms with Gasteiger partial charge in [0.2, 0.25) is 0 Å². The summed E-state index contributed by atoms with van der Waals surface area (Å²) in [7, 11) is 0. The Labute approximate surface area is 82.6 Å². The minimum Gasteiger partial charge on any atom is -0.294 e. The first-order chi connectivity index (χ1) is 6.09.